The van der Waals surface area contributed by atoms with Crippen LogP contribution in [0.1, 0.15) is 24.9 Å². The summed E-state index contributed by atoms with van der Waals surface area (Å²) in [5, 5.41) is 0. The number of nitrogens with zero attached hydrogens (tertiary/aromatic N) is 1. The minimum absolute atomic E-state index is 0.00609. The predicted molar refractivity (Wildman–Crippen MR) is 117 cm³/mol. The van der Waals surface area contributed by atoms with E-state index in [1.54, 1.807) is 7.11 Å². The number of benzene rings is 2. The van der Waals surface area contributed by atoms with Crippen LogP contribution in [0.5, 0.6) is 5.75 Å². The lowest BCUT2D eigenvalue weighted by Crippen LogP contribution is -2.53. The van der Waals surface area contributed by atoms with Gasteiger partial charge in [0.2, 0.25) is 0 Å². The minimum Gasteiger partial charge on any atom is -0.497 e. The summed E-state index contributed by atoms with van der Waals surface area (Å²) in [6.07, 6.45) is 0.515. The lowest BCUT2D eigenvalue weighted by Gasteiger charge is -2.47. The molecule has 0 aromatic heterocycles. The Morgan fingerprint density at radius 1 is 1.04 bits per heavy atom. The second kappa shape index (κ2) is 8.49. The van der Waals surface area contributed by atoms with Crippen molar-refractivity contribution < 1.29 is 14.0 Å². The van der Waals surface area contributed by atoms with Crippen LogP contribution >= 0.6 is 0 Å². The van der Waals surface area contributed by atoms with Crippen LogP contribution in [0.3, 0.4) is 0 Å². The van der Waals surface area contributed by atoms with Gasteiger partial charge < -0.3 is 14.1 Å². The standard InChI is InChI=1S/C23H31NO3Si/c1-17-22(16-27-28(3,4)5)24(19-11-13-20(26-2)14-12-19)21(15-23(17)25)18-9-7-6-8-10-18/h6-14,17,21-22H,15-16H2,1-5H3/t17-,21+,22-/m1/s1. The van der Waals surface area contributed by atoms with Crippen molar-refractivity contribution in [2.45, 2.75) is 45.1 Å². The zero-order valence-corrected chi connectivity index (χ0v) is 18.5. The molecule has 28 heavy (non-hydrogen) atoms. The molecule has 0 bridgehead atoms. The highest BCUT2D eigenvalue weighted by Crippen LogP contribution is 2.40. The van der Waals surface area contributed by atoms with Crippen LogP contribution in [-0.4, -0.2) is 33.9 Å². The van der Waals surface area contributed by atoms with E-state index in [4.69, 9.17) is 9.16 Å². The molecule has 150 valence electrons. The summed E-state index contributed by atoms with van der Waals surface area (Å²) in [5.41, 5.74) is 2.26. The summed E-state index contributed by atoms with van der Waals surface area (Å²) in [5.74, 6) is 1.07. The lowest BCUT2D eigenvalue weighted by molar-refractivity contribution is -0.125. The summed E-state index contributed by atoms with van der Waals surface area (Å²) in [4.78, 5) is 15.3. The Kier molecular flexibility index (Phi) is 6.25. The van der Waals surface area contributed by atoms with E-state index in [1.807, 2.05) is 37.3 Å². The average Bonchev–Trinajstić information content (AvgIpc) is 2.69. The third kappa shape index (κ3) is 4.65. The molecule has 1 aliphatic heterocycles. The lowest BCUT2D eigenvalue weighted by atomic mass is 9.82. The van der Waals surface area contributed by atoms with Crippen LogP contribution in [0, 0.1) is 5.92 Å². The zero-order valence-electron chi connectivity index (χ0n) is 17.5. The Bertz CT molecular complexity index is 786. The van der Waals surface area contributed by atoms with Gasteiger partial charge in [-0.2, -0.15) is 0 Å². The molecule has 0 unspecified atom stereocenters. The Balaban J connectivity index is 2.02. The monoisotopic (exact) mass is 397 g/mol. The molecule has 1 saturated heterocycles. The Morgan fingerprint density at radius 2 is 1.68 bits per heavy atom. The number of carbonyl (C=O) groups excluding carboxylic acids is 1. The van der Waals surface area contributed by atoms with E-state index in [0.717, 1.165) is 17.0 Å². The van der Waals surface area contributed by atoms with Crippen LogP contribution in [0.25, 0.3) is 0 Å². The molecule has 2 aromatic carbocycles. The smallest absolute Gasteiger partial charge is 0.183 e. The molecule has 1 heterocycles. The zero-order chi connectivity index (χ0) is 20.3. The number of hydrogen-bond acceptors (Lipinski definition) is 4. The van der Waals surface area contributed by atoms with Gasteiger partial charge in [0.15, 0.2) is 8.32 Å². The predicted octanol–water partition coefficient (Wildman–Crippen LogP) is 5.07. The molecule has 2 aromatic rings. The van der Waals surface area contributed by atoms with Crippen molar-refractivity contribution in [1.29, 1.82) is 0 Å². The van der Waals surface area contributed by atoms with E-state index < -0.39 is 8.32 Å². The molecule has 0 aliphatic carbocycles. The van der Waals surface area contributed by atoms with Gasteiger partial charge >= 0.3 is 0 Å². The SMILES string of the molecule is COc1ccc(N2[C@H](CO[Si](C)(C)C)[C@@H](C)C(=O)C[C@H]2c2ccccc2)cc1. The van der Waals surface area contributed by atoms with Crippen LogP contribution in [0.15, 0.2) is 54.6 Å². The second-order valence-electron chi connectivity index (χ2n) is 8.48. The number of piperidine rings is 1. The first-order valence-electron chi connectivity index (χ1n) is 9.94. The highest BCUT2D eigenvalue weighted by atomic mass is 28.4. The van der Waals surface area contributed by atoms with Crippen molar-refractivity contribution in [2.75, 3.05) is 18.6 Å². The van der Waals surface area contributed by atoms with Crippen LogP contribution < -0.4 is 9.64 Å². The number of carbonyl (C=O) groups is 1. The molecule has 1 fully saturated rings. The molecular weight excluding hydrogens is 366 g/mol. The summed E-state index contributed by atoms with van der Waals surface area (Å²) in [7, 11) is -0.0227. The van der Waals surface area contributed by atoms with E-state index in [9.17, 15) is 4.79 Å². The fraction of sp³-hybridized carbons (Fsp3) is 0.435. The largest absolute Gasteiger partial charge is 0.497 e. The van der Waals surface area contributed by atoms with Crippen LogP contribution in [-0.2, 0) is 9.22 Å². The molecule has 0 spiro atoms. The van der Waals surface area contributed by atoms with Gasteiger partial charge in [-0.1, -0.05) is 37.3 Å². The first-order chi connectivity index (χ1) is 13.3. The molecule has 0 N–H and O–H groups in total. The van der Waals surface area contributed by atoms with Gasteiger partial charge in [0.25, 0.3) is 0 Å². The second-order valence-corrected chi connectivity index (χ2v) is 13.0. The fourth-order valence-corrected chi connectivity index (χ4v) is 4.47. The topological polar surface area (TPSA) is 38.8 Å². The molecule has 4 nitrogen and oxygen atoms in total. The summed E-state index contributed by atoms with van der Waals surface area (Å²) in [6, 6.07) is 18.5. The number of anilines is 1. The van der Waals surface area contributed by atoms with E-state index >= 15 is 0 Å². The number of ether oxygens (including phenoxy) is 1. The molecule has 5 heteroatoms. The Labute approximate surface area is 169 Å². The molecule has 3 rings (SSSR count). The highest BCUT2D eigenvalue weighted by molar-refractivity contribution is 6.69. The van der Waals surface area contributed by atoms with Crippen molar-refractivity contribution in [1.82, 2.24) is 0 Å². The van der Waals surface area contributed by atoms with Gasteiger partial charge in [-0.25, -0.2) is 0 Å². The Hall–Kier alpha value is -2.11. The van der Waals surface area contributed by atoms with Crippen molar-refractivity contribution in [3.63, 3.8) is 0 Å². The third-order valence-corrected chi connectivity index (χ3v) is 6.45. The maximum atomic E-state index is 12.9. The van der Waals surface area contributed by atoms with Gasteiger partial charge in [-0.05, 0) is 49.5 Å². The van der Waals surface area contributed by atoms with Gasteiger partial charge in [0.1, 0.15) is 11.5 Å². The molecular formula is C23H31NO3Si. The maximum absolute atomic E-state index is 12.9. The van der Waals surface area contributed by atoms with Crippen LogP contribution in [0.2, 0.25) is 19.6 Å². The molecule has 1 aliphatic rings. The number of methoxy groups -OCH3 is 1. The molecule has 0 radical (unpaired) electrons. The average molecular weight is 398 g/mol. The van der Waals surface area contributed by atoms with Gasteiger partial charge in [0.05, 0.1) is 25.8 Å². The fourth-order valence-electron chi connectivity index (χ4n) is 3.80. The summed E-state index contributed by atoms with van der Waals surface area (Å²) >= 11 is 0. The summed E-state index contributed by atoms with van der Waals surface area (Å²) < 4.78 is 11.6. The molecule has 0 saturated carbocycles. The van der Waals surface area contributed by atoms with Crippen molar-refractivity contribution in [2.24, 2.45) is 5.92 Å². The first kappa shape index (κ1) is 20.6. The van der Waals surface area contributed by atoms with E-state index in [-0.39, 0.29) is 18.0 Å². The minimum atomic E-state index is -1.70. The van der Waals surface area contributed by atoms with Crippen molar-refractivity contribution in [3.05, 3.63) is 60.2 Å². The van der Waals surface area contributed by atoms with Gasteiger partial charge in [-0.3, -0.25) is 4.79 Å². The van der Waals surface area contributed by atoms with Crippen LogP contribution in [0.4, 0.5) is 5.69 Å². The maximum Gasteiger partial charge on any atom is 0.183 e. The number of hydrogen-bond donors (Lipinski definition) is 0. The van der Waals surface area contributed by atoms with Crippen molar-refractivity contribution in [3.8, 4) is 5.75 Å². The summed E-state index contributed by atoms with van der Waals surface area (Å²) in [6.45, 7) is 9.18. The first-order valence-corrected chi connectivity index (χ1v) is 13.3. The molecule has 3 atom stereocenters. The van der Waals surface area contributed by atoms with Crippen molar-refractivity contribution >= 4 is 19.8 Å². The normalized spacial score (nSPS) is 23.0. The van der Waals surface area contributed by atoms with Gasteiger partial charge in [-0.15, -0.1) is 0 Å². The molecule has 0 amide bonds. The van der Waals surface area contributed by atoms with E-state index in [0.29, 0.717) is 18.8 Å². The van der Waals surface area contributed by atoms with E-state index in [1.165, 1.54) is 0 Å². The Morgan fingerprint density at radius 3 is 2.25 bits per heavy atom. The highest BCUT2D eigenvalue weighted by Gasteiger charge is 2.41. The van der Waals surface area contributed by atoms with Gasteiger partial charge in [0, 0.05) is 18.0 Å². The number of ketones is 1. The number of Topliss-reactive ketones (excluding diaryl/α,β-unsaturated/α-hetero) is 1. The quantitative estimate of drug-likeness (QED) is 0.638. The number of rotatable bonds is 6. The third-order valence-electron chi connectivity index (χ3n) is 5.41. The van der Waals surface area contributed by atoms with E-state index in [2.05, 4.69) is 48.8 Å².